The summed E-state index contributed by atoms with van der Waals surface area (Å²) in [6.45, 7) is 0. The van der Waals surface area contributed by atoms with Crippen LogP contribution < -0.4 is 5.84 Å². The van der Waals surface area contributed by atoms with Crippen molar-refractivity contribution in [3.05, 3.63) is 71.8 Å². The molecular formula is C14H12N2O. The molecule has 0 spiro atoms. The summed E-state index contributed by atoms with van der Waals surface area (Å²) in [5.74, 6) is 5.14. The standard InChI is InChI=1S/C14H12N2O/c15-16-13(11-7-3-1-4-8-11)14(17)12-9-5-2-6-10-12/h1-10H,15H2/b16-13-. The molecule has 0 heterocycles. The minimum absolute atomic E-state index is 0.167. The maximum absolute atomic E-state index is 12.2. The van der Waals surface area contributed by atoms with Gasteiger partial charge in [-0.3, -0.25) is 4.79 Å². The van der Waals surface area contributed by atoms with Crippen LogP contribution in [0.1, 0.15) is 15.9 Å². The normalized spacial score (nSPS) is 11.2. The molecular weight excluding hydrogens is 212 g/mol. The van der Waals surface area contributed by atoms with Crippen LogP contribution >= 0.6 is 0 Å². The first-order chi connectivity index (χ1) is 8.33. The van der Waals surface area contributed by atoms with Crippen LogP contribution in [0.25, 0.3) is 0 Å². The Bertz CT molecular complexity index is 533. The van der Waals surface area contributed by atoms with Crippen molar-refractivity contribution in [2.75, 3.05) is 0 Å². The van der Waals surface area contributed by atoms with Crippen LogP contribution in [-0.4, -0.2) is 11.5 Å². The molecule has 2 aromatic rings. The van der Waals surface area contributed by atoms with Gasteiger partial charge in [-0.15, -0.1) is 0 Å². The minimum Gasteiger partial charge on any atom is -0.323 e. The molecule has 0 aliphatic rings. The maximum Gasteiger partial charge on any atom is 0.213 e. The van der Waals surface area contributed by atoms with Crippen molar-refractivity contribution in [2.24, 2.45) is 10.9 Å². The predicted molar refractivity (Wildman–Crippen MR) is 67.9 cm³/mol. The van der Waals surface area contributed by atoms with Crippen molar-refractivity contribution in [1.29, 1.82) is 0 Å². The molecule has 0 bridgehead atoms. The van der Waals surface area contributed by atoms with Gasteiger partial charge in [0.05, 0.1) is 0 Å². The van der Waals surface area contributed by atoms with Gasteiger partial charge in [-0.1, -0.05) is 60.7 Å². The van der Waals surface area contributed by atoms with Crippen LogP contribution in [0.5, 0.6) is 0 Å². The van der Waals surface area contributed by atoms with Crippen molar-refractivity contribution in [3.8, 4) is 0 Å². The third-order valence-electron chi connectivity index (χ3n) is 2.43. The van der Waals surface area contributed by atoms with E-state index < -0.39 is 0 Å². The number of Topliss-reactive ketones (excluding diaryl/α,β-unsaturated/α-hetero) is 1. The second-order valence-corrected chi connectivity index (χ2v) is 3.54. The average Bonchev–Trinajstić information content (AvgIpc) is 2.42. The van der Waals surface area contributed by atoms with Gasteiger partial charge in [-0.25, -0.2) is 0 Å². The summed E-state index contributed by atoms with van der Waals surface area (Å²) < 4.78 is 0. The lowest BCUT2D eigenvalue weighted by atomic mass is 10.0. The van der Waals surface area contributed by atoms with Gasteiger partial charge in [0.15, 0.2) is 0 Å². The average molecular weight is 224 g/mol. The number of carbonyl (C=O) groups is 1. The molecule has 0 aliphatic carbocycles. The summed E-state index contributed by atoms with van der Waals surface area (Å²) in [4.78, 5) is 12.2. The Kier molecular flexibility index (Phi) is 3.31. The van der Waals surface area contributed by atoms with Crippen molar-refractivity contribution >= 4 is 11.5 Å². The van der Waals surface area contributed by atoms with Gasteiger partial charge in [-0.05, 0) is 0 Å². The molecule has 2 N–H and O–H groups in total. The Morgan fingerprint density at radius 1 is 0.824 bits per heavy atom. The van der Waals surface area contributed by atoms with E-state index in [2.05, 4.69) is 5.10 Å². The third kappa shape index (κ3) is 2.39. The predicted octanol–water partition coefficient (Wildman–Crippen LogP) is 2.23. The van der Waals surface area contributed by atoms with Crippen LogP contribution in [0.4, 0.5) is 0 Å². The summed E-state index contributed by atoms with van der Waals surface area (Å²) in [7, 11) is 0. The molecule has 0 saturated carbocycles. The summed E-state index contributed by atoms with van der Waals surface area (Å²) >= 11 is 0. The third-order valence-corrected chi connectivity index (χ3v) is 2.43. The van der Waals surface area contributed by atoms with E-state index in [-0.39, 0.29) is 11.5 Å². The first kappa shape index (κ1) is 11.1. The van der Waals surface area contributed by atoms with Gasteiger partial charge >= 0.3 is 0 Å². The molecule has 0 aliphatic heterocycles. The zero-order valence-corrected chi connectivity index (χ0v) is 9.21. The second kappa shape index (κ2) is 5.07. The van der Waals surface area contributed by atoms with Crippen molar-refractivity contribution < 1.29 is 4.79 Å². The van der Waals surface area contributed by atoms with Crippen LogP contribution in [0, 0.1) is 0 Å². The van der Waals surface area contributed by atoms with Crippen molar-refractivity contribution in [1.82, 2.24) is 0 Å². The van der Waals surface area contributed by atoms with Crippen LogP contribution in [0.15, 0.2) is 65.8 Å². The van der Waals surface area contributed by atoms with E-state index in [4.69, 9.17) is 5.84 Å². The highest BCUT2D eigenvalue weighted by Crippen LogP contribution is 2.08. The fourth-order valence-electron chi connectivity index (χ4n) is 1.59. The summed E-state index contributed by atoms with van der Waals surface area (Å²) in [5.41, 5.74) is 1.58. The van der Waals surface area contributed by atoms with Crippen LogP contribution in [0.3, 0.4) is 0 Å². The Morgan fingerprint density at radius 2 is 1.29 bits per heavy atom. The number of hydrogen-bond donors (Lipinski definition) is 1. The quantitative estimate of drug-likeness (QED) is 0.376. The number of benzene rings is 2. The number of rotatable bonds is 3. The SMILES string of the molecule is N/N=C(\C(=O)c1ccccc1)c1ccccc1. The fraction of sp³-hybridized carbons (Fsp3) is 0. The van der Waals surface area contributed by atoms with Gasteiger partial charge in [0.1, 0.15) is 5.71 Å². The van der Waals surface area contributed by atoms with E-state index in [0.717, 1.165) is 5.56 Å². The first-order valence-electron chi connectivity index (χ1n) is 5.26. The lowest BCUT2D eigenvalue weighted by Gasteiger charge is -2.04. The molecule has 0 amide bonds. The molecule has 0 fully saturated rings. The Morgan fingerprint density at radius 3 is 1.76 bits per heavy atom. The highest BCUT2D eigenvalue weighted by Gasteiger charge is 2.15. The highest BCUT2D eigenvalue weighted by molar-refractivity contribution is 6.51. The Labute approximate surface area is 99.6 Å². The number of hydrazone groups is 1. The van der Waals surface area contributed by atoms with E-state index in [1.54, 1.807) is 12.1 Å². The highest BCUT2D eigenvalue weighted by atomic mass is 16.1. The Hall–Kier alpha value is -2.42. The van der Waals surface area contributed by atoms with E-state index in [9.17, 15) is 4.79 Å². The minimum atomic E-state index is -0.167. The molecule has 2 aromatic carbocycles. The van der Waals surface area contributed by atoms with Gasteiger partial charge in [0.2, 0.25) is 5.78 Å². The number of carbonyl (C=O) groups excluding carboxylic acids is 1. The molecule has 0 atom stereocenters. The Balaban J connectivity index is 2.37. The lowest BCUT2D eigenvalue weighted by molar-refractivity contribution is 0.106. The van der Waals surface area contributed by atoms with Crippen molar-refractivity contribution in [2.45, 2.75) is 0 Å². The van der Waals surface area contributed by atoms with E-state index in [1.165, 1.54) is 0 Å². The topological polar surface area (TPSA) is 55.4 Å². The van der Waals surface area contributed by atoms with Gasteiger partial charge < -0.3 is 5.84 Å². The molecule has 0 radical (unpaired) electrons. The number of ketones is 1. The smallest absolute Gasteiger partial charge is 0.213 e. The second-order valence-electron chi connectivity index (χ2n) is 3.54. The summed E-state index contributed by atoms with van der Waals surface area (Å²) in [5, 5.41) is 3.60. The monoisotopic (exact) mass is 224 g/mol. The maximum atomic E-state index is 12.2. The molecule has 3 nitrogen and oxygen atoms in total. The molecule has 0 unspecified atom stereocenters. The summed E-state index contributed by atoms with van der Waals surface area (Å²) in [6, 6.07) is 18.2. The van der Waals surface area contributed by atoms with E-state index in [1.807, 2.05) is 48.5 Å². The lowest BCUT2D eigenvalue weighted by Crippen LogP contribution is -2.17. The van der Waals surface area contributed by atoms with Crippen LogP contribution in [0.2, 0.25) is 0 Å². The summed E-state index contributed by atoms with van der Waals surface area (Å²) in [6.07, 6.45) is 0. The molecule has 17 heavy (non-hydrogen) atoms. The van der Waals surface area contributed by atoms with Gasteiger partial charge in [0.25, 0.3) is 0 Å². The largest absolute Gasteiger partial charge is 0.323 e. The number of hydrogen-bond acceptors (Lipinski definition) is 3. The van der Waals surface area contributed by atoms with E-state index in [0.29, 0.717) is 5.56 Å². The molecule has 2 rings (SSSR count). The van der Waals surface area contributed by atoms with Gasteiger partial charge in [-0.2, -0.15) is 5.10 Å². The van der Waals surface area contributed by atoms with E-state index >= 15 is 0 Å². The van der Waals surface area contributed by atoms with Crippen LogP contribution in [-0.2, 0) is 0 Å². The zero-order valence-electron chi connectivity index (χ0n) is 9.21. The first-order valence-corrected chi connectivity index (χ1v) is 5.26. The number of nitrogens with zero attached hydrogens (tertiary/aromatic N) is 1. The molecule has 3 heteroatoms. The molecule has 0 aromatic heterocycles. The zero-order chi connectivity index (χ0) is 12.1. The fourth-order valence-corrected chi connectivity index (χ4v) is 1.59. The van der Waals surface area contributed by atoms with Crippen molar-refractivity contribution in [3.63, 3.8) is 0 Å². The molecule has 0 saturated heterocycles. The molecule has 84 valence electrons. The number of nitrogens with two attached hydrogens (primary N) is 1. The van der Waals surface area contributed by atoms with Gasteiger partial charge in [0, 0.05) is 11.1 Å².